The summed E-state index contributed by atoms with van der Waals surface area (Å²) >= 11 is 0. The van der Waals surface area contributed by atoms with Crippen molar-refractivity contribution >= 4 is 24.3 Å². The Hall–Kier alpha value is -2.48. The molecular formula is C22H36N4O4. The molecule has 1 unspecified atom stereocenters. The molecule has 0 fully saturated rings. The maximum Gasteiger partial charge on any atom is 0.237 e. The monoisotopic (exact) mass is 420 g/mol. The first kappa shape index (κ1) is 29.7. The van der Waals surface area contributed by atoms with Crippen molar-refractivity contribution in [1.82, 2.24) is 0 Å². The van der Waals surface area contributed by atoms with Gasteiger partial charge < -0.3 is 0 Å². The van der Waals surface area contributed by atoms with Gasteiger partial charge in [-0.1, -0.05) is 66.2 Å². The fourth-order valence-electron chi connectivity index (χ4n) is 2.98. The van der Waals surface area contributed by atoms with Crippen LogP contribution in [0.2, 0.25) is 0 Å². The number of isocyanates is 4. The van der Waals surface area contributed by atoms with Crippen molar-refractivity contribution in [3.8, 4) is 0 Å². The molecule has 0 aromatic rings. The Bertz CT molecular complexity index is 583. The zero-order valence-corrected chi connectivity index (χ0v) is 18.9. The number of hydrogen-bond acceptors (Lipinski definition) is 8. The van der Waals surface area contributed by atoms with E-state index in [9.17, 15) is 19.2 Å². The van der Waals surface area contributed by atoms with Crippen molar-refractivity contribution in [2.24, 2.45) is 31.3 Å². The van der Waals surface area contributed by atoms with Crippen LogP contribution in [-0.2, 0) is 19.2 Å². The SMILES string of the molecule is CCC(C)CC(C)(C)C(N=C=O)N=C=O.O=C=NCCCCCCCCCN=C=O. The lowest BCUT2D eigenvalue weighted by atomic mass is 9.80. The number of aliphatic imine (C=N–C) groups is 4. The number of hydrogen-bond donors (Lipinski definition) is 0. The third kappa shape index (κ3) is 18.9. The van der Waals surface area contributed by atoms with Crippen LogP contribution >= 0.6 is 0 Å². The molecule has 0 heterocycles. The van der Waals surface area contributed by atoms with E-state index in [1.165, 1.54) is 43.6 Å². The van der Waals surface area contributed by atoms with E-state index >= 15 is 0 Å². The third-order valence-electron chi connectivity index (χ3n) is 4.79. The number of carbonyl (C=O) groups excluding carboxylic acids is 4. The molecule has 0 bridgehead atoms. The predicted molar refractivity (Wildman–Crippen MR) is 116 cm³/mol. The summed E-state index contributed by atoms with van der Waals surface area (Å²) in [5, 5.41) is 0. The van der Waals surface area contributed by atoms with Gasteiger partial charge in [0.1, 0.15) is 0 Å². The van der Waals surface area contributed by atoms with E-state index in [2.05, 4.69) is 33.8 Å². The van der Waals surface area contributed by atoms with Gasteiger partial charge in [0, 0.05) is 5.41 Å². The third-order valence-corrected chi connectivity index (χ3v) is 4.79. The Morgan fingerprint density at radius 1 is 0.700 bits per heavy atom. The van der Waals surface area contributed by atoms with Crippen LogP contribution in [0.15, 0.2) is 20.0 Å². The van der Waals surface area contributed by atoms with Crippen LogP contribution in [0.3, 0.4) is 0 Å². The summed E-state index contributed by atoms with van der Waals surface area (Å²) in [6, 6.07) is 0. The molecule has 0 saturated heterocycles. The normalized spacial score (nSPS) is 11.9. The second kappa shape index (κ2) is 21.2. The van der Waals surface area contributed by atoms with Crippen molar-refractivity contribution in [2.45, 2.75) is 91.6 Å². The molecule has 0 saturated carbocycles. The Morgan fingerprint density at radius 2 is 1.10 bits per heavy atom. The van der Waals surface area contributed by atoms with E-state index in [4.69, 9.17) is 0 Å². The van der Waals surface area contributed by atoms with E-state index < -0.39 is 6.17 Å². The zero-order chi connectivity index (χ0) is 23.1. The van der Waals surface area contributed by atoms with E-state index in [1.807, 2.05) is 13.8 Å². The van der Waals surface area contributed by atoms with Crippen LogP contribution in [0.4, 0.5) is 0 Å². The van der Waals surface area contributed by atoms with Gasteiger partial charge in [-0.05, 0) is 25.2 Å². The molecule has 8 nitrogen and oxygen atoms in total. The minimum atomic E-state index is -0.665. The van der Waals surface area contributed by atoms with Gasteiger partial charge in [-0.3, -0.25) is 0 Å². The summed E-state index contributed by atoms with van der Waals surface area (Å²) in [5.74, 6) is 0.506. The zero-order valence-electron chi connectivity index (χ0n) is 18.9. The lowest BCUT2D eigenvalue weighted by Crippen LogP contribution is -2.28. The summed E-state index contributed by atoms with van der Waals surface area (Å²) in [4.78, 5) is 53.9. The van der Waals surface area contributed by atoms with E-state index in [1.54, 1.807) is 0 Å². The summed E-state index contributed by atoms with van der Waals surface area (Å²) < 4.78 is 0. The molecule has 0 rings (SSSR count). The molecule has 0 amide bonds. The Labute approximate surface area is 180 Å². The quantitative estimate of drug-likeness (QED) is 0.202. The lowest BCUT2D eigenvalue weighted by Gasteiger charge is -2.29. The molecule has 1 atom stereocenters. The van der Waals surface area contributed by atoms with Gasteiger partial charge in [-0.25, -0.2) is 29.2 Å². The highest BCUT2D eigenvalue weighted by Gasteiger charge is 2.30. The predicted octanol–water partition coefficient (Wildman–Crippen LogP) is 4.84. The Morgan fingerprint density at radius 3 is 1.43 bits per heavy atom. The van der Waals surface area contributed by atoms with Crippen LogP contribution < -0.4 is 0 Å². The number of rotatable bonds is 16. The topological polar surface area (TPSA) is 118 Å². The molecule has 0 aromatic carbocycles. The second-order valence-corrected chi connectivity index (χ2v) is 7.94. The molecular weight excluding hydrogens is 384 g/mol. The van der Waals surface area contributed by atoms with Crippen molar-refractivity contribution in [1.29, 1.82) is 0 Å². The van der Waals surface area contributed by atoms with Gasteiger partial charge in [-0.2, -0.15) is 9.98 Å². The van der Waals surface area contributed by atoms with Crippen LogP contribution in [0, 0.1) is 11.3 Å². The van der Waals surface area contributed by atoms with Crippen molar-refractivity contribution < 1.29 is 19.2 Å². The molecule has 0 aliphatic heterocycles. The summed E-state index contributed by atoms with van der Waals surface area (Å²) in [5.41, 5.74) is -0.315. The van der Waals surface area contributed by atoms with E-state index in [-0.39, 0.29) is 5.41 Å². The molecule has 0 N–H and O–H groups in total. The molecule has 168 valence electrons. The van der Waals surface area contributed by atoms with Crippen molar-refractivity contribution in [2.75, 3.05) is 13.1 Å². The highest BCUT2D eigenvalue weighted by molar-refractivity contribution is 5.37. The maximum absolute atomic E-state index is 10.2. The molecule has 0 aliphatic rings. The molecule has 0 spiro atoms. The number of nitrogens with zero attached hydrogens (tertiary/aromatic N) is 4. The van der Waals surface area contributed by atoms with Crippen molar-refractivity contribution in [3.63, 3.8) is 0 Å². The second-order valence-electron chi connectivity index (χ2n) is 7.94. The average molecular weight is 421 g/mol. The molecule has 0 aromatic heterocycles. The van der Waals surface area contributed by atoms with Gasteiger partial charge in [0.15, 0.2) is 6.17 Å². The van der Waals surface area contributed by atoms with E-state index in [0.29, 0.717) is 19.0 Å². The average Bonchev–Trinajstić information content (AvgIpc) is 2.72. The van der Waals surface area contributed by atoms with Crippen LogP contribution in [0.5, 0.6) is 0 Å². The maximum atomic E-state index is 10.2. The lowest BCUT2D eigenvalue weighted by molar-refractivity contribution is 0.225. The van der Waals surface area contributed by atoms with Gasteiger partial charge in [0.2, 0.25) is 24.3 Å². The minimum Gasteiger partial charge on any atom is -0.211 e. The molecule has 0 radical (unpaired) electrons. The summed E-state index contributed by atoms with van der Waals surface area (Å²) in [6.07, 6.45) is 15.0. The van der Waals surface area contributed by atoms with Gasteiger partial charge in [0.05, 0.1) is 13.1 Å². The number of unbranched alkanes of at least 4 members (excludes halogenated alkanes) is 6. The van der Waals surface area contributed by atoms with Crippen molar-refractivity contribution in [3.05, 3.63) is 0 Å². The Balaban J connectivity index is 0. The smallest absolute Gasteiger partial charge is 0.211 e. The largest absolute Gasteiger partial charge is 0.237 e. The highest BCUT2D eigenvalue weighted by atomic mass is 16.1. The first-order valence-electron chi connectivity index (χ1n) is 10.6. The summed E-state index contributed by atoms with van der Waals surface area (Å²) in [7, 11) is 0. The van der Waals surface area contributed by atoms with Crippen LogP contribution in [0.25, 0.3) is 0 Å². The molecule has 30 heavy (non-hydrogen) atoms. The highest BCUT2D eigenvalue weighted by Crippen LogP contribution is 2.32. The van der Waals surface area contributed by atoms with Crippen LogP contribution in [-0.4, -0.2) is 43.6 Å². The summed E-state index contributed by atoms with van der Waals surface area (Å²) in [6.45, 7) is 9.31. The van der Waals surface area contributed by atoms with E-state index in [0.717, 1.165) is 38.5 Å². The molecule has 0 aliphatic carbocycles. The fourth-order valence-corrected chi connectivity index (χ4v) is 2.98. The standard InChI is InChI=1S/2C11H18N2O2/c1-5-9(2)6-11(3,4)10(12-7-14)13-8-15;14-10-12-8-6-4-2-1-3-5-7-9-13-11-15/h9-10H,5-6H2,1-4H3;1-9H2. The van der Waals surface area contributed by atoms with Gasteiger partial charge >= 0.3 is 0 Å². The van der Waals surface area contributed by atoms with Gasteiger partial charge in [-0.15, -0.1) is 0 Å². The Kier molecular flexibility index (Phi) is 21.0. The molecule has 8 heteroatoms. The minimum absolute atomic E-state index is 0.315. The van der Waals surface area contributed by atoms with Gasteiger partial charge in [0.25, 0.3) is 0 Å². The first-order valence-corrected chi connectivity index (χ1v) is 10.6. The van der Waals surface area contributed by atoms with Crippen LogP contribution in [0.1, 0.15) is 85.5 Å². The first-order chi connectivity index (χ1) is 14.4. The fraction of sp³-hybridized carbons (Fsp3) is 0.818.